The molecule has 1 heterocycles. The molecule has 1 aromatic heterocycles. The maximum atomic E-state index is 13.0. The van der Waals surface area contributed by atoms with Gasteiger partial charge in [-0.3, -0.25) is 19.5 Å². The first-order valence-electron chi connectivity index (χ1n) is 8.76. The number of aromatic nitrogens is 2. The van der Waals surface area contributed by atoms with Gasteiger partial charge in [0, 0.05) is 17.7 Å². The Balaban J connectivity index is 1.89. The highest BCUT2D eigenvalue weighted by molar-refractivity contribution is 6.38. The molecule has 7 heteroatoms. The smallest absolute Gasteiger partial charge is 0.287 e. The zero-order valence-corrected chi connectivity index (χ0v) is 15.3. The lowest BCUT2D eigenvalue weighted by Crippen LogP contribution is -2.47. The van der Waals surface area contributed by atoms with Crippen molar-refractivity contribution in [1.82, 2.24) is 15.5 Å². The summed E-state index contributed by atoms with van der Waals surface area (Å²) in [6, 6.07) is 17.3. The van der Waals surface area contributed by atoms with Gasteiger partial charge in [0.2, 0.25) is 5.78 Å². The number of ketones is 1. The van der Waals surface area contributed by atoms with E-state index in [1.165, 1.54) is 0 Å². The number of nitrogens with one attached hydrogen (secondary N) is 2. The van der Waals surface area contributed by atoms with Crippen molar-refractivity contribution in [2.45, 2.75) is 19.4 Å². The highest BCUT2D eigenvalue weighted by atomic mass is 16.2. The largest absolute Gasteiger partial charge is 0.363 e. The first-order valence-corrected chi connectivity index (χ1v) is 8.76. The summed E-state index contributed by atoms with van der Waals surface area (Å²) in [7, 11) is 0. The van der Waals surface area contributed by atoms with E-state index in [4.69, 9.17) is 5.73 Å². The number of benzene rings is 2. The Hall–Kier alpha value is -3.74. The average molecular weight is 376 g/mol. The Morgan fingerprint density at radius 1 is 1.04 bits per heavy atom. The summed E-state index contributed by atoms with van der Waals surface area (Å²) in [5.74, 6) is -2.44. The highest BCUT2D eigenvalue weighted by Crippen LogP contribution is 2.23. The number of nitrogens with zero attached hydrogens (tertiary/aromatic N) is 1. The van der Waals surface area contributed by atoms with Gasteiger partial charge >= 0.3 is 0 Å². The third-order valence-corrected chi connectivity index (χ3v) is 4.37. The Morgan fingerprint density at radius 2 is 1.64 bits per heavy atom. The molecule has 4 N–H and O–H groups in total. The lowest BCUT2D eigenvalue weighted by molar-refractivity contribution is -0.137. The van der Waals surface area contributed by atoms with Crippen LogP contribution in [-0.2, 0) is 16.0 Å². The number of nitrogens with two attached hydrogens (primary N) is 1. The Labute approximate surface area is 162 Å². The first-order chi connectivity index (χ1) is 13.5. The maximum absolute atomic E-state index is 13.0. The fourth-order valence-corrected chi connectivity index (χ4v) is 2.97. The minimum atomic E-state index is -1.09. The number of hydrogen-bond donors (Lipinski definition) is 3. The number of carbonyl (C=O) groups excluding carboxylic acids is 3. The quantitative estimate of drug-likeness (QED) is 0.545. The van der Waals surface area contributed by atoms with Crippen molar-refractivity contribution < 1.29 is 14.4 Å². The molecule has 0 saturated carbocycles. The monoisotopic (exact) mass is 376 g/mol. The summed E-state index contributed by atoms with van der Waals surface area (Å²) in [6.45, 7) is 1.72. The molecule has 0 saturated heterocycles. The molecule has 0 aliphatic carbocycles. The van der Waals surface area contributed by atoms with Crippen LogP contribution in [0.1, 0.15) is 21.6 Å². The van der Waals surface area contributed by atoms with Gasteiger partial charge in [-0.15, -0.1) is 0 Å². The standard InChI is InChI=1S/C21H20N4O3/c1-13-17(18(25-24-13)15-10-6-3-7-11-15)21(28)23-16(19(26)20(22)27)12-14-8-4-2-5-9-14/h2-11,16H,12H2,1H3,(H2,22,27)(H,23,28)(H,24,25). The molecule has 3 aromatic rings. The minimum Gasteiger partial charge on any atom is -0.363 e. The number of carbonyl (C=O) groups is 3. The van der Waals surface area contributed by atoms with Crippen LogP contribution in [0.5, 0.6) is 0 Å². The Bertz CT molecular complexity index is 997. The normalized spacial score (nSPS) is 11.6. The number of rotatable bonds is 7. The summed E-state index contributed by atoms with van der Waals surface area (Å²) in [6.07, 6.45) is 0.159. The molecule has 0 bridgehead atoms. The second kappa shape index (κ2) is 8.30. The number of H-pyrrole nitrogens is 1. The molecule has 1 atom stereocenters. The zero-order chi connectivity index (χ0) is 20.1. The summed E-state index contributed by atoms with van der Waals surface area (Å²) < 4.78 is 0. The van der Waals surface area contributed by atoms with Gasteiger partial charge in [0.05, 0.1) is 5.56 Å². The highest BCUT2D eigenvalue weighted by Gasteiger charge is 2.28. The van der Waals surface area contributed by atoms with Gasteiger partial charge in [-0.1, -0.05) is 60.7 Å². The fourth-order valence-electron chi connectivity index (χ4n) is 2.97. The number of amides is 2. The van der Waals surface area contributed by atoms with Crippen LogP contribution >= 0.6 is 0 Å². The van der Waals surface area contributed by atoms with Crippen LogP contribution in [0.2, 0.25) is 0 Å². The number of aryl methyl sites for hydroxylation is 1. The lowest BCUT2D eigenvalue weighted by atomic mass is 10.0. The first kappa shape index (κ1) is 19.0. The minimum absolute atomic E-state index is 0.159. The molecule has 0 aliphatic rings. The van der Waals surface area contributed by atoms with E-state index >= 15 is 0 Å². The van der Waals surface area contributed by atoms with Crippen LogP contribution in [0, 0.1) is 6.92 Å². The maximum Gasteiger partial charge on any atom is 0.287 e. The Morgan fingerprint density at radius 3 is 2.25 bits per heavy atom. The molecule has 3 rings (SSSR count). The van der Waals surface area contributed by atoms with Crippen molar-refractivity contribution in [1.29, 1.82) is 0 Å². The third-order valence-electron chi connectivity index (χ3n) is 4.37. The predicted octanol–water partition coefficient (Wildman–Crippen LogP) is 1.78. The van der Waals surface area contributed by atoms with Gasteiger partial charge in [0.25, 0.3) is 11.8 Å². The van der Waals surface area contributed by atoms with Gasteiger partial charge in [-0.05, 0) is 12.5 Å². The number of aromatic amines is 1. The molecule has 0 aliphatic heterocycles. The SMILES string of the molecule is Cc1[nH]nc(-c2ccccc2)c1C(=O)NC(Cc1ccccc1)C(=O)C(N)=O. The summed E-state index contributed by atoms with van der Waals surface area (Å²) in [5, 5.41) is 9.67. The molecular formula is C21H20N4O3. The topological polar surface area (TPSA) is 118 Å². The zero-order valence-electron chi connectivity index (χ0n) is 15.3. The van der Waals surface area contributed by atoms with E-state index in [-0.39, 0.29) is 6.42 Å². The molecular weight excluding hydrogens is 356 g/mol. The molecule has 0 fully saturated rings. The van der Waals surface area contributed by atoms with E-state index in [1.54, 1.807) is 6.92 Å². The molecule has 0 radical (unpaired) electrons. The van der Waals surface area contributed by atoms with Crippen LogP contribution in [-0.4, -0.2) is 33.8 Å². The van der Waals surface area contributed by atoms with E-state index in [9.17, 15) is 14.4 Å². The van der Waals surface area contributed by atoms with Crippen molar-refractivity contribution in [3.63, 3.8) is 0 Å². The van der Waals surface area contributed by atoms with E-state index < -0.39 is 23.6 Å². The summed E-state index contributed by atoms with van der Waals surface area (Å²) in [5.41, 5.74) is 8.09. The van der Waals surface area contributed by atoms with Crippen LogP contribution in [0.25, 0.3) is 11.3 Å². The van der Waals surface area contributed by atoms with Gasteiger partial charge in [-0.2, -0.15) is 5.10 Å². The average Bonchev–Trinajstić information content (AvgIpc) is 3.10. The molecule has 28 heavy (non-hydrogen) atoms. The van der Waals surface area contributed by atoms with Gasteiger partial charge in [-0.25, -0.2) is 0 Å². The summed E-state index contributed by atoms with van der Waals surface area (Å²) >= 11 is 0. The third kappa shape index (κ3) is 4.15. The van der Waals surface area contributed by atoms with E-state index in [0.717, 1.165) is 11.1 Å². The van der Waals surface area contributed by atoms with Gasteiger partial charge in [0.15, 0.2) is 0 Å². The lowest BCUT2D eigenvalue weighted by Gasteiger charge is -2.17. The predicted molar refractivity (Wildman–Crippen MR) is 104 cm³/mol. The van der Waals surface area contributed by atoms with Crippen LogP contribution in [0.3, 0.4) is 0 Å². The van der Waals surface area contributed by atoms with Gasteiger partial charge < -0.3 is 11.1 Å². The van der Waals surface area contributed by atoms with Crippen molar-refractivity contribution in [2.24, 2.45) is 5.73 Å². The van der Waals surface area contributed by atoms with Crippen LogP contribution < -0.4 is 11.1 Å². The van der Waals surface area contributed by atoms with Crippen LogP contribution in [0.15, 0.2) is 60.7 Å². The van der Waals surface area contributed by atoms with Crippen molar-refractivity contribution in [3.8, 4) is 11.3 Å². The summed E-state index contributed by atoms with van der Waals surface area (Å²) in [4.78, 5) is 36.7. The molecule has 2 amide bonds. The molecule has 7 nitrogen and oxygen atoms in total. The van der Waals surface area contributed by atoms with Crippen molar-refractivity contribution in [3.05, 3.63) is 77.5 Å². The number of Topliss-reactive ketones (excluding diaryl/α,β-unsaturated/α-hetero) is 1. The second-order valence-corrected chi connectivity index (χ2v) is 6.38. The molecule has 2 aromatic carbocycles. The molecule has 142 valence electrons. The van der Waals surface area contributed by atoms with Crippen molar-refractivity contribution >= 4 is 17.6 Å². The Kier molecular flexibility index (Phi) is 5.64. The second-order valence-electron chi connectivity index (χ2n) is 6.38. The fraction of sp³-hybridized carbons (Fsp3) is 0.143. The van der Waals surface area contributed by atoms with E-state index in [0.29, 0.717) is 17.0 Å². The van der Waals surface area contributed by atoms with E-state index in [1.807, 2.05) is 60.7 Å². The number of hydrogen-bond acceptors (Lipinski definition) is 4. The molecule has 0 spiro atoms. The van der Waals surface area contributed by atoms with E-state index in [2.05, 4.69) is 15.5 Å². The van der Waals surface area contributed by atoms with Crippen molar-refractivity contribution in [2.75, 3.05) is 0 Å². The van der Waals surface area contributed by atoms with Gasteiger partial charge in [0.1, 0.15) is 11.7 Å². The number of primary amides is 1. The van der Waals surface area contributed by atoms with Crippen LogP contribution in [0.4, 0.5) is 0 Å². The molecule has 1 unspecified atom stereocenters.